The summed E-state index contributed by atoms with van der Waals surface area (Å²) in [6.45, 7) is 7.19. The molecule has 3 atom stereocenters. The normalized spacial score (nSPS) is 21.3. The van der Waals surface area contributed by atoms with Crippen LogP contribution in [-0.4, -0.2) is 27.6 Å². The van der Waals surface area contributed by atoms with E-state index in [0.717, 1.165) is 34.5 Å². The van der Waals surface area contributed by atoms with Gasteiger partial charge in [0.05, 0.1) is 35.3 Å². The molecule has 0 amide bonds. The van der Waals surface area contributed by atoms with Crippen molar-refractivity contribution < 1.29 is 4.74 Å². The standard InChI is InChI=1S/C24H26ClN5OS/c1-13-22(25)29-24(30-23(13)26-11-21-14(2)27-15(3)32-21)31-12-17-10-18(17)20-9-8-16-6-4-5-7-19(16)28-20/h4-8,17-18,20H,9-12H2,1-3H3,(H,26,29,30)/t17-,18+,20?/m0/s1. The van der Waals surface area contributed by atoms with Crippen molar-refractivity contribution in [3.63, 3.8) is 0 Å². The molecule has 2 aromatic heterocycles. The number of aryl methyl sites for hydroxylation is 2. The molecule has 0 radical (unpaired) electrons. The fourth-order valence-electron chi connectivity index (χ4n) is 4.25. The van der Waals surface area contributed by atoms with Crippen LogP contribution in [0.4, 0.5) is 5.82 Å². The quantitative estimate of drug-likeness (QED) is 0.531. The van der Waals surface area contributed by atoms with Gasteiger partial charge in [-0.15, -0.1) is 11.3 Å². The highest BCUT2D eigenvalue weighted by Crippen LogP contribution is 2.44. The maximum atomic E-state index is 6.37. The molecule has 1 N–H and O–H groups in total. The molecule has 2 aliphatic rings. The van der Waals surface area contributed by atoms with Crippen molar-refractivity contribution >= 4 is 34.8 Å². The van der Waals surface area contributed by atoms with Gasteiger partial charge in [-0.2, -0.15) is 9.97 Å². The van der Waals surface area contributed by atoms with Crippen LogP contribution in [0.15, 0.2) is 29.3 Å². The molecule has 3 heterocycles. The lowest BCUT2D eigenvalue weighted by Crippen LogP contribution is -2.31. The monoisotopic (exact) mass is 467 g/mol. The topological polar surface area (TPSA) is 72.3 Å². The van der Waals surface area contributed by atoms with E-state index < -0.39 is 0 Å². The van der Waals surface area contributed by atoms with E-state index in [2.05, 4.69) is 44.5 Å². The summed E-state index contributed by atoms with van der Waals surface area (Å²) in [5.41, 5.74) is 1.86. The average molecular weight is 468 g/mol. The van der Waals surface area contributed by atoms with Crippen LogP contribution in [0, 0.1) is 32.6 Å². The van der Waals surface area contributed by atoms with E-state index in [0.29, 0.717) is 48.0 Å². The molecule has 1 fully saturated rings. The van der Waals surface area contributed by atoms with Crippen molar-refractivity contribution in [2.75, 3.05) is 11.9 Å². The predicted molar refractivity (Wildman–Crippen MR) is 128 cm³/mol. The van der Waals surface area contributed by atoms with Crippen molar-refractivity contribution in [1.82, 2.24) is 15.0 Å². The second-order valence-electron chi connectivity index (χ2n) is 8.53. The first kappa shape index (κ1) is 21.3. The minimum Gasteiger partial charge on any atom is -0.463 e. The predicted octanol–water partition coefficient (Wildman–Crippen LogP) is 4.01. The first-order valence-electron chi connectivity index (χ1n) is 10.9. The van der Waals surface area contributed by atoms with Gasteiger partial charge in [0.2, 0.25) is 0 Å². The van der Waals surface area contributed by atoms with Gasteiger partial charge in [0, 0.05) is 10.4 Å². The van der Waals surface area contributed by atoms with E-state index in [1.54, 1.807) is 11.3 Å². The molecule has 5 rings (SSSR count). The van der Waals surface area contributed by atoms with Gasteiger partial charge in [-0.3, -0.25) is 4.99 Å². The number of ether oxygens (including phenoxy) is 1. The highest BCUT2D eigenvalue weighted by atomic mass is 35.5. The van der Waals surface area contributed by atoms with Crippen LogP contribution in [0.1, 0.15) is 34.0 Å². The van der Waals surface area contributed by atoms with Gasteiger partial charge in [-0.1, -0.05) is 35.9 Å². The van der Waals surface area contributed by atoms with E-state index >= 15 is 0 Å². The maximum absolute atomic E-state index is 6.37. The molecule has 0 saturated heterocycles. The molecule has 0 spiro atoms. The molecular weight excluding hydrogens is 442 g/mol. The molecular formula is C24H26ClN5OS. The van der Waals surface area contributed by atoms with E-state index in [1.165, 1.54) is 10.1 Å². The summed E-state index contributed by atoms with van der Waals surface area (Å²) in [5.74, 6) is 1.73. The molecule has 8 heteroatoms. The lowest BCUT2D eigenvalue weighted by Gasteiger charge is -2.14. The van der Waals surface area contributed by atoms with Gasteiger partial charge in [-0.05, 0) is 56.7 Å². The van der Waals surface area contributed by atoms with Gasteiger partial charge in [0.1, 0.15) is 11.0 Å². The van der Waals surface area contributed by atoms with Crippen molar-refractivity contribution in [3.8, 4) is 6.01 Å². The minimum absolute atomic E-state index is 0.323. The number of nitrogens with one attached hydrogen (secondary N) is 1. The summed E-state index contributed by atoms with van der Waals surface area (Å²) in [5, 5.41) is 7.19. The van der Waals surface area contributed by atoms with Gasteiger partial charge in [0.25, 0.3) is 0 Å². The van der Waals surface area contributed by atoms with Crippen molar-refractivity contribution in [2.24, 2.45) is 16.8 Å². The van der Waals surface area contributed by atoms with Gasteiger partial charge < -0.3 is 10.1 Å². The highest BCUT2D eigenvalue weighted by Gasteiger charge is 2.43. The van der Waals surface area contributed by atoms with E-state index in [4.69, 9.17) is 21.3 Å². The van der Waals surface area contributed by atoms with E-state index in [1.807, 2.05) is 26.8 Å². The van der Waals surface area contributed by atoms with Crippen molar-refractivity contribution in [1.29, 1.82) is 0 Å². The van der Waals surface area contributed by atoms with E-state index in [-0.39, 0.29) is 0 Å². The van der Waals surface area contributed by atoms with Gasteiger partial charge in [0.15, 0.2) is 0 Å². The second-order valence-corrected chi connectivity index (χ2v) is 10.2. The molecule has 32 heavy (non-hydrogen) atoms. The van der Waals surface area contributed by atoms with Crippen LogP contribution in [0.5, 0.6) is 6.01 Å². The zero-order valence-electron chi connectivity index (χ0n) is 18.4. The number of halogens is 1. The fourth-order valence-corrected chi connectivity index (χ4v) is 5.29. The number of benzene rings is 1. The van der Waals surface area contributed by atoms with Crippen LogP contribution in [0.3, 0.4) is 0 Å². The Labute approximate surface area is 196 Å². The summed E-state index contributed by atoms with van der Waals surface area (Å²) in [7, 11) is 0. The van der Waals surface area contributed by atoms with Crippen LogP contribution >= 0.6 is 22.9 Å². The van der Waals surface area contributed by atoms with Gasteiger partial charge in [-0.25, -0.2) is 4.98 Å². The lowest BCUT2D eigenvalue weighted by molar-refractivity contribution is 0.266. The molecule has 6 nitrogen and oxygen atoms in total. The molecule has 3 aromatic rings. The summed E-state index contributed by atoms with van der Waals surface area (Å²) in [4.78, 5) is 19.5. The highest BCUT2D eigenvalue weighted by molar-refractivity contribution is 7.11. The minimum atomic E-state index is 0.323. The Kier molecular flexibility index (Phi) is 5.86. The molecule has 166 valence electrons. The Bertz CT molecular complexity index is 1270. The van der Waals surface area contributed by atoms with Crippen LogP contribution in [-0.2, 0) is 6.54 Å². The van der Waals surface area contributed by atoms with Gasteiger partial charge >= 0.3 is 6.01 Å². The molecule has 0 bridgehead atoms. The SMILES string of the molecule is Cc1nc(C)c(CNc2nc(OC[C@@H]3C[C@H]3C3CC=c4ccccc4=N3)nc(Cl)c2C)s1. The molecule has 1 unspecified atom stereocenters. The number of hydrogen-bond donors (Lipinski definition) is 1. The molecule has 1 aliphatic heterocycles. The number of hydrogen-bond acceptors (Lipinski definition) is 7. The Morgan fingerprint density at radius 3 is 2.81 bits per heavy atom. The second kappa shape index (κ2) is 8.79. The third-order valence-corrected chi connectivity index (χ3v) is 7.64. The Morgan fingerprint density at radius 1 is 1.16 bits per heavy atom. The van der Waals surface area contributed by atoms with E-state index in [9.17, 15) is 0 Å². The number of para-hydroxylation sites is 1. The summed E-state index contributed by atoms with van der Waals surface area (Å²) in [6, 6.07) is 9.00. The Morgan fingerprint density at radius 2 is 2.00 bits per heavy atom. The first-order chi connectivity index (χ1) is 15.5. The number of fused-ring (bicyclic) bond motifs is 1. The fraction of sp³-hybridized carbons (Fsp3) is 0.417. The van der Waals surface area contributed by atoms with Crippen LogP contribution in [0.2, 0.25) is 5.15 Å². The zero-order valence-corrected chi connectivity index (χ0v) is 20.0. The molecule has 1 aromatic carbocycles. The average Bonchev–Trinajstić information content (AvgIpc) is 3.49. The third kappa shape index (κ3) is 4.50. The summed E-state index contributed by atoms with van der Waals surface area (Å²) in [6.07, 6.45) is 4.42. The number of aromatic nitrogens is 3. The smallest absolute Gasteiger partial charge is 0.319 e. The molecule has 1 saturated carbocycles. The largest absolute Gasteiger partial charge is 0.463 e. The molecule has 1 aliphatic carbocycles. The number of nitrogens with zero attached hydrogens (tertiary/aromatic N) is 4. The number of thiazole rings is 1. The number of rotatable bonds is 7. The summed E-state index contributed by atoms with van der Waals surface area (Å²) >= 11 is 8.05. The third-order valence-electron chi connectivity index (χ3n) is 6.20. The number of anilines is 1. The van der Waals surface area contributed by atoms with Crippen LogP contribution < -0.4 is 20.6 Å². The first-order valence-corrected chi connectivity index (χ1v) is 12.1. The summed E-state index contributed by atoms with van der Waals surface area (Å²) < 4.78 is 5.97. The zero-order chi connectivity index (χ0) is 22.2. The van der Waals surface area contributed by atoms with Crippen molar-refractivity contribution in [2.45, 2.75) is 46.2 Å². The maximum Gasteiger partial charge on any atom is 0.319 e. The van der Waals surface area contributed by atoms with Crippen LogP contribution in [0.25, 0.3) is 6.08 Å². The Hall–Kier alpha value is -2.51. The Balaban J connectivity index is 1.21. The lowest BCUT2D eigenvalue weighted by atomic mass is 10.0. The van der Waals surface area contributed by atoms with Crippen molar-refractivity contribution in [3.05, 3.63) is 61.1 Å².